The van der Waals surface area contributed by atoms with E-state index < -0.39 is 0 Å². The van der Waals surface area contributed by atoms with Crippen LogP contribution in [-0.2, 0) is 9.53 Å². The van der Waals surface area contributed by atoms with Crippen LogP contribution in [0.2, 0.25) is 0 Å². The maximum atomic E-state index is 11.8. The van der Waals surface area contributed by atoms with Crippen molar-refractivity contribution in [2.45, 2.75) is 19.3 Å². The van der Waals surface area contributed by atoms with Crippen molar-refractivity contribution in [2.24, 2.45) is 5.92 Å². The summed E-state index contributed by atoms with van der Waals surface area (Å²) in [5.41, 5.74) is 0.955. The van der Waals surface area contributed by atoms with E-state index in [-0.39, 0.29) is 18.5 Å². The second-order valence-corrected chi connectivity index (χ2v) is 4.76. The first-order valence-electron chi connectivity index (χ1n) is 6.63. The zero-order valence-electron chi connectivity index (χ0n) is 11.6. The summed E-state index contributed by atoms with van der Waals surface area (Å²) in [6.07, 6.45) is 0.765. The molecule has 2 N–H and O–H groups in total. The van der Waals surface area contributed by atoms with Gasteiger partial charge >= 0.3 is 5.97 Å². The number of carbonyl (C=O) groups is 1. The Bertz CT molecular complexity index is 367. The first-order valence-corrected chi connectivity index (χ1v) is 6.63. The number of nitrogens with one attached hydrogen (secondary N) is 1. The minimum atomic E-state index is -0.285. The van der Waals surface area contributed by atoms with E-state index >= 15 is 0 Å². The first kappa shape index (κ1) is 15.7. The molecule has 0 heterocycles. The Kier molecular flexibility index (Phi) is 7.15. The van der Waals surface area contributed by atoms with Crippen LogP contribution in [-0.4, -0.2) is 37.9 Å². The van der Waals surface area contributed by atoms with E-state index in [2.05, 4.69) is 12.2 Å². The third kappa shape index (κ3) is 5.41. The second-order valence-electron chi connectivity index (χ2n) is 4.76. The van der Waals surface area contributed by atoms with Crippen molar-refractivity contribution in [2.75, 3.05) is 26.8 Å². The summed E-state index contributed by atoms with van der Waals surface area (Å²) >= 11 is 0. The number of aliphatic hydroxyl groups is 1. The highest BCUT2D eigenvalue weighted by Gasteiger charge is 2.20. The van der Waals surface area contributed by atoms with Gasteiger partial charge in [-0.25, -0.2) is 0 Å². The first-order chi connectivity index (χ1) is 9.19. The van der Waals surface area contributed by atoms with Crippen LogP contribution in [0.4, 0.5) is 0 Å². The number of carbonyl (C=O) groups excluding carboxylic acids is 1. The molecule has 4 heteroatoms. The molecule has 0 aliphatic carbocycles. The summed E-state index contributed by atoms with van der Waals surface area (Å²) in [7, 11) is 1.41. The number of rotatable bonds is 8. The highest BCUT2D eigenvalue weighted by atomic mass is 16.5. The zero-order chi connectivity index (χ0) is 14.1. The van der Waals surface area contributed by atoms with Gasteiger partial charge in [0.2, 0.25) is 0 Å². The van der Waals surface area contributed by atoms with Gasteiger partial charge in [0.1, 0.15) is 0 Å². The molecule has 0 aliphatic rings. The molecule has 2 atom stereocenters. The van der Waals surface area contributed by atoms with Gasteiger partial charge in [0.25, 0.3) is 0 Å². The van der Waals surface area contributed by atoms with Crippen LogP contribution in [0.3, 0.4) is 0 Å². The highest BCUT2D eigenvalue weighted by molar-refractivity contribution is 5.78. The number of methoxy groups -OCH3 is 1. The summed E-state index contributed by atoms with van der Waals surface area (Å²) < 4.78 is 4.85. The van der Waals surface area contributed by atoms with Gasteiger partial charge in [-0.2, -0.15) is 0 Å². The van der Waals surface area contributed by atoms with E-state index in [0.717, 1.165) is 18.5 Å². The van der Waals surface area contributed by atoms with Crippen molar-refractivity contribution in [1.29, 1.82) is 0 Å². The number of esters is 1. The van der Waals surface area contributed by atoms with Gasteiger partial charge in [-0.1, -0.05) is 37.3 Å². The van der Waals surface area contributed by atoms with Gasteiger partial charge in [-0.05, 0) is 24.4 Å². The Balaban J connectivity index is 2.55. The molecule has 106 valence electrons. The number of hydrogen-bond acceptors (Lipinski definition) is 4. The molecular weight excluding hydrogens is 242 g/mol. The summed E-state index contributed by atoms with van der Waals surface area (Å²) in [4.78, 5) is 11.8. The third-order valence-corrected chi connectivity index (χ3v) is 3.15. The normalized spacial score (nSPS) is 13.8. The van der Waals surface area contributed by atoms with Crippen LogP contribution in [0.15, 0.2) is 30.3 Å². The van der Waals surface area contributed by atoms with Crippen LogP contribution in [0.25, 0.3) is 0 Å². The van der Waals surface area contributed by atoms with Gasteiger partial charge in [-0.3, -0.25) is 4.79 Å². The number of hydrogen-bond donors (Lipinski definition) is 2. The SMILES string of the molecule is COC(=O)C(CNCC(C)CCO)c1ccccc1. The highest BCUT2D eigenvalue weighted by Crippen LogP contribution is 2.16. The topological polar surface area (TPSA) is 58.6 Å². The van der Waals surface area contributed by atoms with Gasteiger partial charge in [0, 0.05) is 13.2 Å². The Morgan fingerprint density at radius 1 is 1.32 bits per heavy atom. The fraction of sp³-hybridized carbons (Fsp3) is 0.533. The van der Waals surface area contributed by atoms with E-state index in [1.165, 1.54) is 7.11 Å². The quantitative estimate of drug-likeness (QED) is 0.700. The van der Waals surface area contributed by atoms with Crippen molar-refractivity contribution in [1.82, 2.24) is 5.32 Å². The maximum Gasteiger partial charge on any atom is 0.314 e. The lowest BCUT2D eigenvalue weighted by Crippen LogP contribution is -2.31. The van der Waals surface area contributed by atoms with Crippen molar-refractivity contribution in [3.05, 3.63) is 35.9 Å². The Morgan fingerprint density at radius 2 is 2.00 bits per heavy atom. The molecule has 2 unspecified atom stereocenters. The molecule has 0 saturated heterocycles. The standard InChI is InChI=1S/C15H23NO3/c1-12(8-9-17)10-16-11-14(15(18)19-2)13-6-4-3-5-7-13/h3-7,12,14,16-17H,8-11H2,1-2H3. The van der Waals surface area contributed by atoms with E-state index in [9.17, 15) is 4.79 Å². The van der Waals surface area contributed by atoms with Crippen molar-refractivity contribution >= 4 is 5.97 Å². The molecule has 1 aromatic carbocycles. The lowest BCUT2D eigenvalue weighted by atomic mass is 9.99. The molecule has 0 aliphatic heterocycles. The second kappa shape index (κ2) is 8.67. The molecule has 1 rings (SSSR count). The van der Waals surface area contributed by atoms with Crippen LogP contribution in [0.1, 0.15) is 24.8 Å². The van der Waals surface area contributed by atoms with E-state index in [0.29, 0.717) is 12.5 Å². The number of ether oxygens (including phenoxy) is 1. The fourth-order valence-corrected chi connectivity index (χ4v) is 1.96. The molecule has 0 bridgehead atoms. The van der Waals surface area contributed by atoms with Gasteiger partial charge in [-0.15, -0.1) is 0 Å². The molecule has 0 radical (unpaired) electrons. The maximum absolute atomic E-state index is 11.8. The molecule has 19 heavy (non-hydrogen) atoms. The average molecular weight is 265 g/mol. The zero-order valence-corrected chi connectivity index (χ0v) is 11.6. The van der Waals surface area contributed by atoms with Crippen LogP contribution >= 0.6 is 0 Å². The van der Waals surface area contributed by atoms with Crippen molar-refractivity contribution in [3.63, 3.8) is 0 Å². The summed E-state index contributed by atoms with van der Waals surface area (Å²) in [5, 5.41) is 12.1. The third-order valence-electron chi connectivity index (χ3n) is 3.15. The molecular formula is C15H23NO3. The molecule has 1 aromatic rings. The fourth-order valence-electron chi connectivity index (χ4n) is 1.96. The average Bonchev–Trinajstić information content (AvgIpc) is 2.44. The predicted octanol–water partition coefficient (Wildman–Crippen LogP) is 1.55. The van der Waals surface area contributed by atoms with Crippen LogP contribution in [0, 0.1) is 5.92 Å². The Labute approximate surface area is 114 Å². The largest absolute Gasteiger partial charge is 0.469 e. The molecule has 0 fully saturated rings. The molecule has 0 amide bonds. The smallest absolute Gasteiger partial charge is 0.314 e. The number of benzene rings is 1. The monoisotopic (exact) mass is 265 g/mol. The molecule has 0 aromatic heterocycles. The van der Waals surface area contributed by atoms with Crippen LogP contribution in [0.5, 0.6) is 0 Å². The Hall–Kier alpha value is -1.39. The minimum absolute atomic E-state index is 0.196. The summed E-state index contributed by atoms with van der Waals surface area (Å²) in [5.74, 6) is -0.125. The summed E-state index contributed by atoms with van der Waals surface area (Å²) in [6, 6.07) is 9.62. The molecule has 4 nitrogen and oxygen atoms in total. The number of aliphatic hydroxyl groups excluding tert-OH is 1. The van der Waals surface area contributed by atoms with Gasteiger partial charge in [0.15, 0.2) is 0 Å². The van der Waals surface area contributed by atoms with E-state index in [4.69, 9.17) is 9.84 Å². The lowest BCUT2D eigenvalue weighted by Gasteiger charge is -2.17. The van der Waals surface area contributed by atoms with Gasteiger partial charge in [0.05, 0.1) is 13.0 Å². The predicted molar refractivity (Wildman–Crippen MR) is 74.9 cm³/mol. The van der Waals surface area contributed by atoms with Gasteiger partial charge < -0.3 is 15.2 Å². The molecule has 0 saturated carbocycles. The van der Waals surface area contributed by atoms with Crippen LogP contribution < -0.4 is 5.32 Å². The minimum Gasteiger partial charge on any atom is -0.469 e. The van der Waals surface area contributed by atoms with Crippen molar-refractivity contribution < 1.29 is 14.6 Å². The Morgan fingerprint density at radius 3 is 2.58 bits per heavy atom. The van der Waals surface area contributed by atoms with E-state index in [1.54, 1.807) is 0 Å². The van der Waals surface area contributed by atoms with E-state index in [1.807, 2.05) is 30.3 Å². The lowest BCUT2D eigenvalue weighted by molar-refractivity contribution is -0.142. The molecule has 0 spiro atoms. The van der Waals surface area contributed by atoms with Crippen molar-refractivity contribution in [3.8, 4) is 0 Å². The summed E-state index contributed by atoms with van der Waals surface area (Å²) in [6.45, 7) is 3.59.